The minimum absolute atomic E-state index is 0.0497. The number of amides is 1. The van der Waals surface area contributed by atoms with E-state index >= 15 is 0 Å². The predicted molar refractivity (Wildman–Crippen MR) is 87.8 cm³/mol. The molecule has 1 spiro atoms. The molecule has 0 saturated carbocycles. The van der Waals surface area contributed by atoms with Crippen molar-refractivity contribution in [3.8, 4) is 0 Å². The Hall–Kier alpha value is -0.610. The second-order valence-corrected chi connectivity index (χ2v) is 7.75. The van der Waals surface area contributed by atoms with E-state index < -0.39 is 0 Å². The molecule has 4 heteroatoms. The van der Waals surface area contributed by atoms with Crippen LogP contribution in [0.3, 0.4) is 0 Å². The zero-order chi connectivity index (χ0) is 15.6. The fraction of sp³-hybridized carbons (Fsp3) is 0.944. The van der Waals surface area contributed by atoms with Crippen LogP contribution in [0.25, 0.3) is 0 Å². The number of carbonyl (C=O) groups excluding carboxylic acids is 1. The number of rotatable bonds is 2. The van der Waals surface area contributed by atoms with Gasteiger partial charge >= 0.3 is 0 Å². The van der Waals surface area contributed by atoms with Gasteiger partial charge in [0.2, 0.25) is 5.91 Å². The van der Waals surface area contributed by atoms with Crippen LogP contribution in [-0.2, 0) is 9.53 Å². The minimum atomic E-state index is 0.0497. The first-order valence-corrected chi connectivity index (χ1v) is 9.26. The molecule has 0 aromatic carbocycles. The third-order valence-corrected chi connectivity index (χ3v) is 5.85. The van der Waals surface area contributed by atoms with Crippen LogP contribution in [0.15, 0.2) is 0 Å². The standard InChI is InChI=1S/C18H32N2O2/c1-15(2)17(21)20-11-7-18(8-12-20)14-16(6-13-22-18)19-9-4-3-5-10-19/h15-16H,3-14H2,1-2H3. The summed E-state index contributed by atoms with van der Waals surface area (Å²) in [6.07, 6.45) is 8.54. The molecule has 3 fully saturated rings. The summed E-state index contributed by atoms with van der Waals surface area (Å²) in [5.74, 6) is 0.417. The fourth-order valence-electron chi connectivity index (χ4n) is 4.45. The van der Waals surface area contributed by atoms with Crippen molar-refractivity contribution in [3.05, 3.63) is 0 Å². The first-order chi connectivity index (χ1) is 10.6. The van der Waals surface area contributed by atoms with Gasteiger partial charge in [0.25, 0.3) is 0 Å². The van der Waals surface area contributed by atoms with Gasteiger partial charge in [-0.05, 0) is 51.6 Å². The first kappa shape index (κ1) is 16.3. The summed E-state index contributed by atoms with van der Waals surface area (Å²) in [5.41, 5.74) is 0.0497. The summed E-state index contributed by atoms with van der Waals surface area (Å²) >= 11 is 0. The second-order valence-electron chi connectivity index (χ2n) is 7.75. The molecule has 0 aliphatic carbocycles. The highest BCUT2D eigenvalue weighted by molar-refractivity contribution is 5.78. The van der Waals surface area contributed by atoms with Crippen molar-refractivity contribution in [1.82, 2.24) is 9.80 Å². The van der Waals surface area contributed by atoms with Crippen molar-refractivity contribution in [2.75, 3.05) is 32.8 Å². The van der Waals surface area contributed by atoms with Gasteiger partial charge in [-0.15, -0.1) is 0 Å². The average Bonchev–Trinajstić information content (AvgIpc) is 2.56. The topological polar surface area (TPSA) is 32.8 Å². The van der Waals surface area contributed by atoms with E-state index in [0.29, 0.717) is 11.9 Å². The number of nitrogens with zero attached hydrogens (tertiary/aromatic N) is 2. The molecule has 3 rings (SSSR count). The van der Waals surface area contributed by atoms with Crippen molar-refractivity contribution in [1.29, 1.82) is 0 Å². The molecule has 0 radical (unpaired) electrons. The summed E-state index contributed by atoms with van der Waals surface area (Å²) in [4.78, 5) is 16.9. The maximum Gasteiger partial charge on any atom is 0.225 e. The molecule has 3 aliphatic heterocycles. The third-order valence-electron chi connectivity index (χ3n) is 5.85. The van der Waals surface area contributed by atoms with E-state index in [-0.39, 0.29) is 11.5 Å². The normalized spacial score (nSPS) is 30.0. The molecular formula is C18H32N2O2. The molecule has 3 heterocycles. The highest BCUT2D eigenvalue weighted by Gasteiger charge is 2.42. The maximum atomic E-state index is 12.2. The molecule has 1 amide bonds. The average molecular weight is 308 g/mol. The first-order valence-electron chi connectivity index (χ1n) is 9.26. The lowest BCUT2D eigenvalue weighted by Gasteiger charge is -2.49. The zero-order valence-electron chi connectivity index (χ0n) is 14.4. The van der Waals surface area contributed by atoms with Crippen molar-refractivity contribution < 1.29 is 9.53 Å². The summed E-state index contributed by atoms with van der Waals surface area (Å²) < 4.78 is 6.25. The lowest BCUT2D eigenvalue weighted by atomic mass is 9.81. The van der Waals surface area contributed by atoms with Crippen LogP contribution in [0.2, 0.25) is 0 Å². The SMILES string of the molecule is CC(C)C(=O)N1CCC2(CC1)CC(N1CCCCC1)CCO2. The Kier molecular flexibility index (Phi) is 5.08. The van der Waals surface area contributed by atoms with Gasteiger partial charge in [0.05, 0.1) is 5.60 Å². The van der Waals surface area contributed by atoms with E-state index in [1.807, 2.05) is 18.7 Å². The van der Waals surface area contributed by atoms with Crippen LogP contribution < -0.4 is 0 Å². The molecule has 22 heavy (non-hydrogen) atoms. The van der Waals surface area contributed by atoms with Crippen LogP contribution in [0.1, 0.15) is 58.8 Å². The van der Waals surface area contributed by atoms with Gasteiger partial charge < -0.3 is 14.5 Å². The summed E-state index contributed by atoms with van der Waals surface area (Å²) in [6.45, 7) is 9.20. The second kappa shape index (κ2) is 6.88. The number of carbonyl (C=O) groups is 1. The summed E-state index contributed by atoms with van der Waals surface area (Å²) in [6, 6.07) is 0.710. The van der Waals surface area contributed by atoms with Gasteiger partial charge in [0, 0.05) is 31.7 Å². The van der Waals surface area contributed by atoms with Gasteiger partial charge in [-0.1, -0.05) is 20.3 Å². The smallest absolute Gasteiger partial charge is 0.225 e. The van der Waals surface area contributed by atoms with E-state index in [9.17, 15) is 4.79 Å². The van der Waals surface area contributed by atoms with E-state index in [1.54, 1.807) is 0 Å². The molecule has 1 unspecified atom stereocenters. The Labute approximate surface area is 135 Å². The fourth-order valence-corrected chi connectivity index (χ4v) is 4.45. The highest BCUT2D eigenvalue weighted by Crippen LogP contribution is 2.37. The Morgan fingerprint density at radius 2 is 1.77 bits per heavy atom. The van der Waals surface area contributed by atoms with Crippen LogP contribution in [0.4, 0.5) is 0 Å². The van der Waals surface area contributed by atoms with Crippen LogP contribution >= 0.6 is 0 Å². The number of piperidine rings is 2. The lowest BCUT2D eigenvalue weighted by molar-refractivity contribution is -0.151. The van der Waals surface area contributed by atoms with E-state index in [0.717, 1.165) is 32.5 Å². The van der Waals surface area contributed by atoms with Gasteiger partial charge in [0.1, 0.15) is 0 Å². The van der Waals surface area contributed by atoms with Crippen molar-refractivity contribution >= 4 is 5.91 Å². The lowest BCUT2D eigenvalue weighted by Crippen LogP contribution is -2.55. The maximum absolute atomic E-state index is 12.2. The van der Waals surface area contributed by atoms with Crippen molar-refractivity contribution in [2.24, 2.45) is 5.92 Å². The zero-order valence-corrected chi connectivity index (χ0v) is 14.4. The van der Waals surface area contributed by atoms with Crippen LogP contribution in [0, 0.1) is 5.92 Å². The molecule has 3 saturated heterocycles. The monoisotopic (exact) mass is 308 g/mol. The molecule has 0 N–H and O–H groups in total. The van der Waals surface area contributed by atoms with E-state index in [2.05, 4.69) is 4.90 Å². The molecule has 1 atom stereocenters. The van der Waals surface area contributed by atoms with Gasteiger partial charge in [0.15, 0.2) is 0 Å². The number of hydrogen-bond donors (Lipinski definition) is 0. The highest BCUT2D eigenvalue weighted by atomic mass is 16.5. The van der Waals surface area contributed by atoms with Crippen LogP contribution in [0.5, 0.6) is 0 Å². The Balaban J connectivity index is 1.56. The van der Waals surface area contributed by atoms with Gasteiger partial charge in [-0.3, -0.25) is 4.79 Å². The predicted octanol–water partition coefficient (Wildman–Crippen LogP) is 2.67. The minimum Gasteiger partial charge on any atom is -0.375 e. The van der Waals surface area contributed by atoms with E-state index in [4.69, 9.17) is 4.74 Å². The van der Waals surface area contributed by atoms with Gasteiger partial charge in [-0.2, -0.15) is 0 Å². The van der Waals surface area contributed by atoms with E-state index in [1.165, 1.54) is 45.2 Å². The largest absolute Gasteiger partial charge is 0.375 e. The molecule has 4 nitrogen and oxygen atoms in total. The molecule has 0 aromatic heterocycles. The number of likely N-dealkylation sites (tertiary alicyclic amines) is 2. The number of ether oxygens (including phenoxy) is 1. The number of hydrogen-bond acceptors (Lipinski definition) is 3. The summed E-state index contributed by atoms with van der Waals surface area (Å²) in [7, 11) is 0. The van der Waals surface area contributed by atoms with Crippen molar-refractivity contribution in [3.63, 3.8) is 0 Å². The molecule has 3 aliphatic rings. The quantitative estimate of drug-likeness (QED) is 0.786. The third kappa shape index (κ3) is 3.48. The Morgan fingerprint density at radius 1 is 1.09 bits per heavy atom. The van der Waals surface area contributed by atoms with Gasteiger partial charge in [-0.25, -0.2) is 0 Å². The molecular weight excluding hydrogens is 276 g/mol. The Bertz CT molecular complexity index is 383. The van der Waals surface area contributed by atoms with Crippen LogP contribution in [-0.4, -0.2) is 60.1 Å². The molecule has 0 aromatic rings. The summed E-state index contributed by atoms with van der Waals surface area (Å²) in [5, 5.41) is 0. The molecule has 0 bridgehead atoms. The van der Waals surface area contributed by atoms with Crippen molar-refractivity contribution in [2.45, 2.75) is 70.4 Å². The Morgan fingerprint density at radius 3 is 2.41 bits per heavy atom. The molecule has 126 valence electrons.